The van der Waals surface area contributed by atoms with Gasteiger partial charge >= 0.3 is 0 Å². The van der Waals surface area contributed by atoms with Crippen molar-refractivity contribution in [2.45, 2.75) is 26.5 Å². The van der Waals surface area contributed by atoms with E-state index in [4.69, 9.17) is 10.6 Å². The molecule has 0 aromatic carbocycles. The molecule has 108 valence electrons. The molecule has 7 nitrogen and oxygen atoms in total. The summed E-state index contributed by atoms with van der Waals surface area (Å²) in [5, 5.41) is 3.17. The molecule has 4 N–H and O–H groups in total. The number of hydrogen-bond acceptors (Lipinski definition) is 7. The molecule has 1 aromatic rings. The number of anilines is 2. The quantitative estimate of drug-likeness (QED) is 0.472. The van der Waals surface area contributed by atoms with Gasteiger partial charge in [0.15, 0.2) is 5.82 Å². The number of nitrogens with two attached hydrogens (primary N) is 1. The van der Waals surface area contributed by atoms with Crippen LogP contribution in [0.3, 0.4) is 0 Å². The predicted molar refractivity (Wildman–Crippen MR) is 77.2 cm³/mol. The smallest absolute Gasteiger partial charge is 0.158 e. The Morgan fingerprint density at radius 3 is 2.74 bits per heavy atom. The summed E-state index contributed by atoms with van der Waals surface area (Å²) in [5.74, 6) is 7.61. The number of nitrogen functional groups attached to an aromatic ring is 1. The molecule has 19 heavy (non-hydrogen) atoms. The average Bonchev–Trinajstić information content (AvgIpc) is 2.34. The third-order valence-corrected chi connectivity index (χ3v) is 3.20. The van der Waals surface area contributed by atoms with E-state index >= 15 is 0 Å². The van der Waals surface area contributed by atoms with E-state index in [1.165, 1.54) is 0 Å². The Kier molecular flexibility index (Phi) is 6.68. The molecule has 0 saturated carbocycles. The second-order valence-corrected chi connectivity index (χ2v) is 5.60. The Hall–Kier alpha value is -1.25. The summed E-state index contributed by atoms with van der Waals surface area (Å²) in [4.78, 5) is 8.51. The van der Waals surface area contributed by atoms with Gasteiger partial charge in [-0.15, -0.1) is 0 Å². The van der Waals surface area contributed by atoms with Gasteiger partial charge in [0.25, 0.3) is 0 Å². The monoisotopic (exact) mass is 287 g/mol. The maximum atomic E-state index is 11.2. The zero-order chi connectivity index (χ0) is 14.3. The van der Waals surface area contributed by atoms with Crippen LogP contribution in [-0.2, 0) is 22.1 Å². The van der Waals surface area contributed by atoms with E-state index in [-0.39, 0.29) is 6.04 Å². The zero-order valence-electron chi connectivity index (χ0n) is 11.5. The lowest BCUT2D eigenvalue weighted by atomic mass is 10.4. The minimum atomic E-state index is -0.858. The highest BCUT2D eigenvalue weighted by Crippen LogP contribution is 2.12. The molecule has 0 aliphatic rings. The second-order valence-electron chi connectivity index (χ2n) is 4.12. The van der Waals surface area contributed by atoms with Crippen LogP contribution in [-0.4, -0.2) is 38.8 Å². The van der Waals surface area contributed by atoms with Crippen molar-refractivity contribution in [3.63, 3.8) is 0 Å². The molecule has 0 aliphatic carbocycles. The molecule has 2 atom stereocenters. The van der Waals surface area contributed by atoms with Gasteiger partial charge in [-0.25, -0.2) is 15.8 Å². The Labute approximate surface area is 115 Å². The molecule has 8 heteroatoms. The van der Waals surface area contributed by atoms with Crippen LogP contribution in [0.1, 0.15) is 19.7 Å². The summed E-state index contributed by atoms with van der Waals surface area (Å²) in [6.45, 7) is 4.77. The van der Waals surface area contributed by atoms with Gasteiger partial charge in [-0.1, -0.05) is 0 Å². The lowest BCUT2D eigenvalue weighted by Crippen LogP contribution is -2.23. The van der Waals surface area contributed by atoms with E-state index < -0.39 is 10.8 Å². The largest absolute Gasteiger partial charge is 0.374 e. The van der Waals surface area contributed by atoms with E-state index in [1.54, 1.807) is 12.3 Å². The molecular formula is C11H21N5O2S. The fraction of sp³-hybridized carbons (Fsp3) is 0.636. The maximum Gasteiger partial charge on any atom is 0.158 e. The lowest BCUT2D eigenvalue weighted by Gasteiger charge is -2.14. The van der Waals surface area contributed by atoms with Crippen molar-refractivity contribution >= 4 is 22.4 Å². The molecule has 0 radical (unpaired) electrons. The van der Waals surface area contributed by atoms with Crippen LogP contribution in [0.2, 0.25) is 0 Å². The molecule has 0 fully saturated rings. The zero-order valence-corrected chi connectivity index (χ0v) is 12.3. The molecule has 0 bridgehead atoms. The topological polar surface area (TPSA) is 102 Å². The van der Waals surface area contributed by atoms with E-state index in [9.17, 15) is 4.21 Å². The van der Waals surface area contributed by atoms with Crippen molar-refractivity contribution in [3.8, 4) is 0 Å². The van der Waals surface area contributed by atoms with Crippen LogP contribution in [0.4, 0.5) is 11.6 Å². The van der Waals surface area contributed by atoms with Gasteiger partial charge in [0.2, 0.25) is 0 Å². The Morgan fingerprint density at radius 2 is 2.16 bits per heavy atom. The van der Waals surface area contributed by atoms with Crippen molar-refractivity contribution < 1.29 is 8.95 Å². The minimum absolute atomic E-state index is 0.0475. The summed E-state index contributed by atoms with van der Waals surface area (Å²) in [7, 11) is -0.858. The summed E-state index contributed by atoms with van der Waals surface area (Å²) < 4.78 is 16.4. The van der Waals surface area contributed by atoms with Crippen molar-refractivity contribution in [2.24, 2.45) is 5.84 Å². The number of aromatic nitrogens is 2. The predicted octanol–water partition coefficient (Wildman–Crippen LogP) is 0.478. The molecular weight excluding hydrogens is 266 g/mol. The summed E-state index contributed by atoms with van der Waals surface area (Å²) >= 11 is 0. The van der Waals surface area contributed by atoms with Crippen molar-refractivity contribution in [1.29, 1.82) is 0 Å². The number of hydrogen-bond donors (Lipinski definition) is 3. The Morgan fingerprint density at radius 1 is 1.47 bits per heavy atom. The van der Waals surface area contributed by atoms with Crippen LogP contribution in [0.25, 0.3) is 0 Å². The molecule has 1 rings (SSSR count). The summed E-state index contributed by atoms with van der Waals surface area (Å²) in [6, 6.07) is 1.75. The maximum absolute atomic E-state index is 11.2. The van der Waals surface area contributed by atoms with Crippen LogP contribution in [0.15, 0.2) is 6.07 Å². The number of ether oxygens (including phenoxy) is 1. The molecule has 0 aliphatic heterocycles. The first-order chi connectivity index (χ1) is 9.05. The number of hydrazine groups is 1. The Bertz CT molecular complexity index is 430. The van der Waals surface area contributed by atoms with Gasteiger partial charge in [0.05, 0.1) is 0 Å². The normalized spacial score (nSPS) is 13.9. The third-order valence-electron chi connectivity index (χ3n) is 2.23. The highest BCUT2D eigenvalue weighted by atomic mass is 32.2. The van der Waals surface area contributed by atoms with Crippen molar-refractivity contribution in [1.82, 2.24) is 9.97 Å². The SMILES string of the molecule is CCOCc1nc(NN)cc(NC(C)CS(C)=O)n1. The fourth-order valence-corrected chi connectivity index (χ4v) is 2.34. The van der Waals surface area contributed by atoms with Gasteiger partial charge in [0.1, 0.15) is 18.2 Å². The van der Waals surface area contributed by atoms with Gasteiger partial charge in [-0.3, -0.25) is 4.21 Å². The average molecular weight is 287 g/mol. The third kappa shape index (κ3) is 5.95. The molecule has 1 aromatic heterocycles. The molecule has 0 spiro atoms. The van der Waals surface area contributed by atoms with Crippen molar-refractivity contribution in [3.05, 3.63) is 11.9 Å². The van der Waals surface area contributed by atoms with Crippen LogP contribution >= 0.6 is 0 Å². The highest BCUT2D eigenvalue weighted by molar-refractivity contribution is 7.84. The van der Waals surface area contributed by atoms with E-state index in [1.807, 2.05) is 13.8 Å². The molecule has 2 unspecified atom stereocenters. The summed E-state index contributed by atoms with van der Waals surface area (Å²) in [6.07, 6.45) is 1.67. The van der Waals surface area contributed by atoms with Gasteiger partial charge in [0, 0.05) is 41.5 Å². The first-order valence-corrected chi connectivity index (χ1v) is 7.76. The van der Waals surface area contributed by atoms with Crippen LogP contribution in [0.5, 0.6) is 0 Å². The van der Waals surface area contributed by atoms with Gasteiger partial charge in [-0.2, -0.15) is 0 Å². The Balaban J connectivity index is 2.78. The van der Waals surface area contributed by atoms with E-state index in [0.717, 1.165) is 0 Å². The summed E-state index contributed by atoms with van der Waals surface area (Å²) in [5.41, 5.74) is 2.49. The number of rotatable bonds is 8. The van der Waals surface area contributed by atoms with E-state index in [0.29, 0.717) is 36.4 Å². The van der Waals surface area contributed by atoms with Crippen molar-refractivity contribution in [2.75, 3.05) is 29.4 Å². The molecule has 1 heterocycles. The first kappa shape index (κ1) is 15.8. The molecule has 0 saturated heterocycles. The standard InChI is InChI=1S/C11H21N5O2S/c1-4-18-6-11-14-9(5-10(15-11)16-12)13-8(2)7-19(3)17/h5,8H,4,6-7,12H2,1-3H3,(H2,13,14,15,16). The second kappa shape index (κ2) is 8.03. The fourth-order valence-electron chi connectivity index (χ4n) is 1.55. The van der Waals surface area contributed by atoms with Crippen LogP contribution in [0, 0.1) is 0 Å². The van der Waals surface area contributed by atoms with Gasteiger partial charge < -0.3 is 15.5 Å². The van der Waals surface area contributed by atoms with Crippen LogP contribution < -0.4 is 16.6 Å². The highest BCUT2D eigenvalue weighted by Gasteiger charge is 2.08. The van der Waals surface area contributed by atoms with E-state index in [2.05, 4.69) is 20.7 Å². The lowest BCUT2D eigenvalue weighted by molar-refractivity contribution is 0.128. The van der Waals surface area contributed by atoms with Gasteiger partial charge in [-0.05, 0) is 13.8 Å². The number of nitrogens with zero attached hydrogens (tertiary/aromatic N) is 2. The minimum Gasteiger partial charge on any atom is -0.374 e. The molecule has 0 amide bonds. The number of nitrogens with one attached hydrogen (secondary N) is 2. The first-order valence-electron chi connectivity index (χ1n) is 6.04.